The molecule has 0 fully saturated rings. The molecule has 124 valence electrons. The third kappa shape index (κ3) is 3.71. The van der Waals surface area contributed by atoms with Crippen molar-refractivity contribution in [2.24, 2.45) is 0 Å². The number of hydrogen-bond donors (Lipinski definition) is 0. The fourth-order valence-corrected chi connectivity index (χ4v) is 5.33. The minimum absolute atomic E-state index is 0.0128. The van der Waals surface area contributed by atoms with Gasteiger partial charge in [-0.25, -0.2) is 4.39 Å². The van der Waals surface area contributed by atoms with Crippen LogP contribution < -0.4 is 4.74 Å². The molecule has 0 saturated carbocycles. The van der Waals surface area contributed by atoms with E-state index >= 15 is 0 Å². The van der Waals surface area contributed by atoms with Crippen LogP contribution in [0.25, 0.3) is 10.4 Å². The molecule has 1 unspecified atom stereocenters. The maximum absolute atomic E-state index is 14.4. The Morgan fingerprint density at radius 3 is 2.78 bits per heavy atom. The molecule has 0 aliphatic heterocycles. The summed E-state index contributed by atoms with van der Waals surface area (Å²) in [6, 6.07) is 5.19. The van der Waals surface area contributed by atoms with Gasteiger partial charge in [-0.3, -0.25) is 0 Å². The first kappa shape index (κ1) is 17.1. The number of halogens is 3. The van der Waals surface area contributed by atoms with E-state index in [-0.39, 0.29) is 5.75 Å². The van der Waals surface area contributed by atoms with Crippen molar-refractivity contribution in [1.82, 2.24) is 0 Å². The molecule has 1 aliphatic rings. The summed E-state index contributed by atoms with van der Waals surface area (Å²) < 4.78 is 34.6. The van der Waals surface area contributed by atoms with Crippen LogP contribution in [0.15, 0.2) is 18.2 Å². The van der Waals surface area contributed by atoms with Crippen LogP contribution in [0.3, 0.4) is 0 Å². The van der Waals surface area contributed by atoms with Gasteiger partial charge >= 0.3 is 0 Å². The molecule has 3 rings (SSSR count). The minimum atomic E-state index is -0.876. The fourth-order valence-electron chi connectivity index (χ4n) is 2.82. The Morgan fingerprint density at radius 2 is 2.04 bits per heavy atom. The van der Waals surface area contributed by atoms with Gasteiger partial charge in [-0.1, -0.05) is 42.4 Å². The molecular formula is C18H19F2IOS. The molecule has 1 aromatic carbocycles. The topological polar surface area (TPSA) is 9.23 Å². The molecule has 1 nitrogen and oxygen atoms in total. The van der Waals surface area contributed by atoms with Crippen molar-refractivity contribution in [2.75, 3.05) is 6.61 Å². The SMILES string of the molecule is CCCCCOc1ccc(-c2cc3c(s2)CC(I)C3)c(F)c1F. The molecule has 0 spiro atoms. The van der Waals surface area contributed by atoms with E-state index < -0.39 is 11.6 Å². The maximum Gasteiger partial charge on any atom is 0.201 e. The van der Waals surface area contributed by atoms with Crippen LogP contribution in [-0.2, 0) is 12.8 Å². The van der Waals surface area contributed by atoms with Crippen molar-refractivity contribution >= 4 is 33.9 Å². The number of rotatable bonds is 6. The van der Waals surface area contributed by atoms with Crippen molar-refractivity contribution in [3.8, 4) is 16.2 Å². The minimum Gasteiger partial charge on any atom is -0.490 e. The lowest BCUT2D eigenvalue weighted by atomic mass is 10.1. The molecular weight excluding hydrogens is 429 g/mol. The van der Waals surface area contributed by atoms with Gasteiger partial charge in [-0.15, -0.1) is 11.3 Å². The number of thiophene rings is 1. The molecule has 23 heavy (non-hydrogen) atoms. The van der Waals surface area contributed by atoms with Gasteiger partial charge in [0.05, 0.1) is 6.61 Å². The average Bonchev–Trinajstić information content (AvgIpc) is 3.05. The maximum atomic E-state index is 14.4. The van der Waals surface area contributed by atoms with Crippen LogP contribution in [0.4, 0.5) is 8.78 Å². The van der Waals surface area contributed by atoms with Crippen molar-refractivity contribution in [1.29, 1.82) is 0 Å². The first-order valence-electron chi connectivity index (χ1n) is 7.97. The van der Waals surface area contributed by atoms with E-state index in [9.17, 15) is 8.78 Å². The van der Waals surface area contributed by atoms with Gasteiger partial charge in [0.2, 0.25) is 5.82 Å². The van der Waals surface area contributed by atoms with E-state index in [0.29, 0.717) is 16.1 Å². The monoisotopic (exact) mass is 448 g/mol. The smallest absolute Gasteiger partial charge is 0.201 e. The number of unbranched alkanes of at least 4 members (excludes halogenated alkanes) is 2. The summed E-state index contributed by atoms with van der Waals surface area (Å²) in [5.74, 6) is -1.66. The molecule has 0 N–H and O–H groups in total. The summed E-state index contributed by atoms with van der Waals surface area (Å²) >= 11 is 4.02. The highest BCUT2D eigenvalue weighted by Gasteiger charge is 2.24. The normalized spacial score (nSPS) is 16.6. The predicted molar refractivity (Wildman–Crippen MR) is 99.9 cm³/mol. The molecule has 2 aromatic rings. The Morgan fingerprint density at radius 1 is 1.22 bits per heavy atom. The predicted octanol–water partition coefficient (Wildman–Crippen LogP) is 6.16. The van der Waals surface area contributed by atoms with E-state index in [1.165, 1.54) is 10.4 Å². The van der Waals surface area contributed by atoms with E-state index in [1.54, 1.807) is 23.5 Å². The van der Waals surface area contributed by atoms with Crippen LogP contribution >= 0.6 is 33.9 Å². The zero-order valence-electron chi connectivity index (χ0n) is 13.0. The second-order valence-electron chi connectivity index (χ2n) is 5.86. The Balaban J connectivity index is 1.79. The third-order valence-electron chi connectivity index (χ3n) is 4.06. The highest BCUT2D eigenvalue weighted by Crippen LogP contribution is 2.40. The number of ether oxygens (including phenoxy) is 1. The van der Waals surface area contributed by atoms with Gasteiger partial charge in [0.1, 0.15) is 0 Å². The lowest BCUT2D eigenvalue weighted by Gasteiger charge is -2.09. The van der Waals surface area contributed by atoms with Crippen LogP contribution in [0, 0.1) is 11.6 Å². The third-order valence-corrected chi connectivity index (χ3v) is 6.18. The highest BCUT2D eigenvalue weighted by molar-refractivity contribution is 14.1. The van der Waals surface area contributed by atoms with Crippen LogP contribution in [0.1, 0.15) is 36.6 Å². The van der Waals surface area contributed by atoms with Gasteiger partial charge in [0.25, 0.3) is 0 Å². The Labute approximate surface area is 153 Å². The summed E-state index contributed by atoms with van der Waals surface area (Å²) in [5, 5.41) is 0. The van der Waals surface area contributed by atoms with Gasteiger partial charge in [-0.2, -0.15) is 4.39 Å². The zero-order chi connectivity index (χ0) is 16.4. The van der Waals surface area contributed by atoms with Crippen molar-refractivity contribution in [3.63, 3.8) is 0 Å². The lowest BCUT2D eigenvalue weighted by Crippen LogP contribution is -2.01. The number of hydrogen-bond acceptors (Lipinski definition) is 2. The van der Waals surface area contributed by atoms with Crippen LogP contribution in [0.5, 0.6) is 5.75 Å². The largest absolute Gasteiger partial charge is 0.490 e. The second-order valence-corrected chi connectivity index (χ2v) is 8.76. The lowest BCUT2D eigenvalue weighted by molar-refractivity contribution is 0.286. The van der Waals surface area contributed by atoms with Crippen LogP contribution in [-0.4, -0.2) is 10.5 Å². The molecule has 0 amide bonds. The average molecular weight is 448 g/mol. The van der Waals surface area contributed by atoms with Crippen molar-refractivity contribution < 1.29 is 13.5 Å². The number of fused-ring (bicyclic) bond motifs is 1. The summed E-state index contributed by atoms with van der Waals surface area (Å²) in [7, 11) is 0. The van der Waals surface area contributed by atoms with Crippen molar-refractivity contribution in [3.05, 3.63) is 40.3 Å². The van der Waals surface area contributed by atoms with E-state index in [0.717, 1.165) is 37.0 Å². The molecule has 0 bridgehead atoms. The van der Waals surface area contributed by atoms with Gasteiger partial charge in [-0.05, 0) is 43.0 Å². The molecule has 0 radical (unpaired) electrons. The van der Waals surface area contributed by atoms with E-state index in [1.807, 2.05) is 6.07 Å². The standard InChI is InChI=1S/C18H19F2IOS/c1-2-3-4-7-22-14-6-5-13(17(19)18(14)20)16-9-11-8-12(21)10-15(11)23-16/h5-6,9,12H,2-4,7-8,10H2,1H3. The van der Waals surface area contributed by atoms with Crippen LogP contribution in [0.2, 0.25) is 0 Å². The molecule has 5 heteroatoms. The Hall–Kier alpha value is -0.690. The van der Waals surface area contributed by atoms with Crippen molar-refractivity contribution in [2.45, 2.75) is 43.0 Å². The van der Waals surface area contributed by atoms with E-state index in [4.69, 9.17) is 4.74 Å². The molecule has 1 aliphatic carbocycles. The van der Waals surface area contributed by atoms with Gasteiger partial charge in [0, 0.05) is 19.2 Å². The summed E-state index contributed by atoms with van der Waals surface area (Å²) in [4.78, 5) is 2.12. The zero-order valence-corrected chi connectivity index (χ0v) is 16.0. The first-order valence-corrected chi connectivity index (χ1v) is 10.0. The molecule has 1 aromatic heterocycles. The molecule has 1 atom stereocenters. The Kier molecular flexibility index (Phi) is 5.57. The fraction of sp³-hybridized carbons (Fsp3) is 0.444. The van der Waals surface area contributed by atoms with Gasteiger partial charge < -0.3 is 4.74 Å². The van der Waals surface area contributed by atoms with E-state index in [2.05, 4.69) is 29.5 Å². The molecule has 1 heterocycles. The first-order chi connectivity index (χ1) is 11.1. The summed E-state index contributed by atoms with van der Waals surface area (Å²) in [6.45, 7) is 2.52. The summed E-state index contributed by atoms with van der Waals surface area (Å²) in [6.07, 6.45) is 5.01. The Bertz CT molecular complexity index is 675. The molecule has 0 saturated heterocycles. The highest BCUT2D eigenvalue weighted by atomic mass is 127. The summed E-state index contributed by atoms with van der Waals surface area (Å²) in [5.41, 5.74) is 1.62. The quantitative estimate of drug-likeness (QED) is 0.292. The second kappa shape index (κ2) is 7.47. The number of benzene rings is 1. The number of alkyl halides is 1. The van der Waals surface area contributed by atoms with Gasteiger partial charge in [0.15, 0.2) is 11.6 Å².